The van der Waals surface area contributed by atoms with E-state index >= 15 is 0 Å². The molecular weight excluding hydrogens is 268 g/mol. The molecule has 3 nitrogen and oxygen atoms in total. The van der Waals surface area contributed by atoms with Crippen LogP contribution in [0.25, 0.3) is 0 Å². The Balaban J connectivity index is 1.62. The number of nitrogens with zero attached hydrogens (tertiary/aromatic N) is 1. The van der Waals surface area contributed by atoms with Gasteiger partial charge in [0.1, 0.15) is 0 Å². The zero-order valence-corrected chi connectivity index (χ0v) is 12.4. The first kappa shape index (κ1) is 12.7. The SMILES string of the molecule is O=C(C1CSc2ccccc21)N1C2CCNCC1CC2. The summed E-state index contributed by atoms with van der Waals surface area (Å²) >= 11 is 1.83. The lowest BCUT2D eigenvalue weighted by atomic mass is 9.99. The van der Waals surface area contributed by atoms with Crippen molar-refractivity contribution in [3.05, 3.63) is 29.8 Å². The van der Waals surface area contributed by atoms with E-state index in [1.54, 1.807) is 0 Å². The summed E-state index contributed by atoms with van der Waals surface area (Å²) in [4.78, 5) is 16.6. The van der Waals surface area contributed by atoms with E-state index in [2.05, 4.69) is 34.5 Å². The van der Waals surface area contributed by atoms with Crippen molar-refractivity contribution in [3.8, 4) is 0 Å². The van der Waals surface area contributed by atoms with E-state index in [0.717, 1.165) is 25.3 Å². The van der Waals surface area contributed by atoms with Crippen molar-refractivity contribution in [2.24, 2.45) is 0 Å². The molecule has 3 aliphatic heterocycles. The van der Waals surface area contributed by atoms with Gasteiger partial charge in [0.05, 0.1) is 5.92 Å². The molecule has 0 radical (unpaired) electrons. The van der Waals surface area contributed by atoms with Gasteiger partial charge < -0.3 is 10.2 Å². The molecule has 106 valence electrons. The summed E-state index contributed by atoms with van der Waals surface area (Å²) in [5, 5.41) is 3.47. The highest BCUT2D eigenvalue weighted by Gasteiger charge is 2.42. The molecule has 3 heterocycles. The van der Waals surface area contributed by atoms with Crippen LogP contribution in [0.4, 0.5) is 0 Å². The predicted molar refractivity (Wildman–Crippen MR) is 81.0 cm³/mol. The molecule has 0 spiro atoms. The molecule has 4 heteroatoms. The summed E-state index contributed by atoms with van der Waals surface area (Å²) in [6.45, 7) is 2.03. The van der Waals surface area contributed by atoms with E-state index in [4.69, 9.17) is 0 Å². The second kappa shape index (κ2) is 5.08. The number of benzene rings is 1. The van der Waals surface area contributed by atoms with Crippen LogP contribution < -0.4 is 5.32 Å². The van der Waals surface area contributed by atoms with Crippen molar-refractivity contribution in [1.82, 2.24) is 10.2 Å². The molecule has 2 bridgehead atoms. The van der Waals surface area contributed by atoms with Gasteiger partial charge in [0.2, 0.25) is 5.91 Å². The lowest BCUT2D eigenvalue weighted by Gasteiger charge is -2.30. The van der Waals surface area contributed by atoms with E-state index in [1.807, 2.05) is 11.8 Å². The molecule has 0 aromatic heterocycles. The topological polar surface area (TPSA) is 32.3 Å². The lowest BCUT2D eigenvalue weighted by molar-refractivity contribution is -0.134. The van der Waals surface area contributed by atoms with Crippen LogP contribution in [-0.2, 0) is 4.79 Å². The number of nitrogens with one attached hydrogen (secondary N) is 1. The van der Waals surface area contributed by atoms with Crippen molar-refractivity contribution in [1.29, 1.82) is 0 Å². The summed E-state index contributed by atoms with van der Waals surface area (Å²) in [7, 11) is 0. The zero-order chi connectivity index (χ0) is 13.5. The standard InChI is InChI=1S/C16H20N2OS/c19-16(14-10-20-15-4-2-1-3-13(14)15)18-11-5-6-12(18)9-17-8-7-11/h1-4,11-12,14,17H,5-10H2. The van der Waals surface area contributed by atoms with Gasteiger partial charge >= 0.3 is 0 Å². The van der Waals surface area contributed by atoms with Crippen LogP contribution >= 0.6 is 11.8 Å². The first-order chi connectivity index (χ1) is 9.84. The minimum absolute atomic E-state index is 0.0809. The molecule has 0 saturated carbocycles. The number of fused-ring (bicyclic) bond motifs is 3. The zero-order valence-electron chi connectivity index (χ0n) is 11.5. The van der Waals surface area contributed by atoms with E-state index in [9.17, 15) is 4.79 Å². The summed E-state index contributed by atoms with van der Waals surface area (Å²) in [6.07, 6.45) is 3.48. The Kier molecular flexibility index (Phi) is 3.23. The van der Waals surface area contributed by atoms with Crippen LogP contribution in [0.3, 0.4) is 0 Å². The third-order valence-electron chi connectivity index (χ3n) is 4.91. The first-order valence-electron chi connectivity index (χ1n) is 7.59. The molecule has 1 amide bonds. The Morgan fingerprint density at radius 3 is 3.00 bits per heavy atom. The fraction of sp³-hybridized carbons (Fsp3) is 0.562. The smallest absolute Gasteiger partial charge is 0.231 e. The van der Waals surface area contributed by atoms with Crippen LogP contribution in [0.1, 0.15) is 30.7 Å². The van der Waals surface area contributed by atoms with E-state index in [0.29, 0.717) is 18.0 Å². The Hall–Kier alpha value is -1.00. The Labute approximate surface area is 124 Å². The van der Waals surface area contributed by atoms with Crippen LogP contribution in [-0.4, -0.2) is 41.7 Å². The average Bonchev–Trinajstić information content (AvgIpc) is 2.98. The highest BCUT2D eigenvalue weighted by Crippen LogP contribution is 2.42. The van der Waals surface area contributed by atoms with Gasteiger partial charge in [-0.2, -0.15) is 0 Å². The van der Waals surface area contributed by atoms with Gasteiger partial charge in [-0.15, -0.1) is 11.8 Å². The van der Waals surface area contributed by atoms with E-state index in [-0.39, 0.29) is 5.92 Å². The van der Waals surface area contributed by atoms with E-state index < -0.39 is 0 Å². The van der Waals surface area contributed by atoms with Gasteiger partial charge in [0.25, 0.3) is 0 Å². The number of carbonyl (C=O) groups excluding carboxylic acids is 1. The van der Waals surface area contributed by atoms with E-state index in [1.165, 1.54) is 23.3 Å². The quantitative estimate of drug-likeness (QED) is 0.860. The summed E-state index contributed by atoms with van der Waals surface area (Å²) in [5.41, 5.74) is 1.25. The van der Waals surface area contributed by atoms with Crippen molar-refractivity contribution in [3.63, 3.8) is 0 Å². The maximum Gasteiger partial charge on any atom is 0.231 e. The molecule has 1 aromatic carbocycles. The monoisotopic (exact) mass is 288 g/mol. The molecule has 20 heavy (non-hydrogen) atoms. The molecule has 0 aliphatic carbocycles. The molecule has 2 saturated heterocycles. The second-order valence-electron chi connectivity index (χ2n) is 6.02. The van der Waals surface area contributed by atoms with Crippen molar-refractivity contribution >= 4 is 17.7 Å². The number of carbonyl (C=O) groups is 1. The van der Waals surface area contributed by atoms with Crippen molar-refractivity contribution < 1.29 is 4.79 Å². The van der Waals surface area contributed by atoms with Crippen molar-refractivity contribution in [2.75, 3.05) is 18.8 Å². The number of amides is 1. The highest BCUT2D eigenvalue weighted by molar-refractivity contribution is 7.99. The normalized spacial score (nSPS) is 32.0. The van der Waals surface area contributed by atoms with Gasteiger partial charge in [-0.05, 0) is 37.4 Å². The van der Waals surface area contributed by atoms with Crippen molar-refractivity contribution in [2.45, 2.75) is 42.2 Å². The molecule has 2 fully saturated rings. The predicted octanol–water partition coefficient (Wildman–Crippen LogP) is 2.23. The summed E-state index contributed by atoms with van der Waals surface area (Å²) in [5.74, 6) is 1.37. The van der Waals surface area contributed by atoms with Gasteiger partial charge in [0.15, 0.2) is 0 Å². The maximum atomic E-state index is 13.1. The summed E-state index contributed by atoms with van der Waals surface area (Å²) in [6, 6.07) is 9.30. The average molecular weight is 288 g/mol. The van der Waals surface area contributed by atoms with Gasteiger partial charge in [0, 0.05) is 29.3 Å². The lowest BCUT2D eigenvalue weighted by Crippen LogP contribution is -2.45. The van der Waals surface area contributed by atoms with Crippen LogP contribution in [0, 0.1) is 0 Å². The molecule has 4 rings (SSSR count). The minimum atomic E-state index is 0.0809. The van der Waals surface area contributed by atoms with Crippen LogP contribution in [0.15, 0.2) is 29.2 Å². The third kappa shape index (κ3) is 1.97. The van der Waals surface area contributed by atoms with Gasteiger partial charge in [-0.3, -0.25) is 4.79 Å². The molecule has 3 unspecified atom stereocenters. The van der Waals surface area contributed by atoms with Gasteiger partial charge in [-0.1, -0.05) is 18.2 Å². The number of hydrogen-bond acceptors (Lipinski definition) is 3. The minimum Gasteiger partial charge on any atom is -0.335 e. The molecule has 1 N–H and O–H groups in total. The fourth-order valence-electron chi connectivity index (χ4n) is 3.89. The highest BCUT2D eigenvalue weighted by atomic mass is 32.2. The number of hydrogen-bond donors (Lipinski definition) is 1. The van der Waals surface area contributed by atoms with Gasteiger partial charge in [-0.25, -0.2) is 0 Å². The first-order valence-corrected chi connectivity index (χ1v) is 8.58. The van der Waals surface area contributed by atoms with Crippen LogP contribution in [0.2, 0.25) is 0 Å². The number of thioether (sulfide) groups is 1. The maximum absolute atomic E-state index is 13.1. The molecule has 1 aromatic rings. The largest absolute Gasteiger partial charge is 0.335 e. The van der Waals surface area contributed by atoms with Crippen LogP contribution in [0.5, 0.6) is 0 Å². The summed E-state index contributed by atoms with van der Waals surface area (Å²) < 4.78 is 0. The molecular formula is C16H20N2OS. The Bertz CT molecular complexity index is 519. The Morgan fingerprint density at radius 2 is 2.05 bits per heavy atom. The Morgan fingerprint density at radius 1 is 1.20 bits per heavy atom. The third-order valence-corrected chi connectivity index (χ3v) is 6.09. The fourth-order valence-corrected chi connectivity index (χ4v) is 5.11. The number of rotatable bonds is 1. The molecule has 3 aliphatic rings. The molecule has 3 atom stereocenters. The second-order valence-corrected chi connectivity index (χ2v) is 7.09.